The summed E-state index contributed by atoms with van der Waals surface area (Å²) in [6, 6.07) is 6.97. The minimum absolute atomic E-state index is 0.00391. The second kappa shape index (κ2) is 10.5. The first-order valence-electron chi connectivity index (χ1n) is 8.23. The van der Waals surface area contributed by atoms with Gasteiger partial charge in [-0.3, -0.25) is 4.79 Å². The van der Waals surface area contributed by atoms with Gasteiger partial charge in [-0.2, -0.15) is 5.26 Å². The highest BCUT2D eigenvalue weighted by Crippen LogP contribution is 2.11. The van der Waals surface area contributed by atoms with Gasteiger partial charge in [0.15, 0.2) is 6.61 Å². The highest BCUT2D eigenvalue weighted by Gasteiger charge is 2.16. The van der Waals surface area contributed by atoms with Crippen LogP contribution in [0.1, 0.15) is 43.5 Å². The number of hydrogen-bond acceptors (Lipinski definition) is 6. The largest absolute Gasteiger partial charge is 0.452 e. The molecule has 0 aliphatic rings. The maximum atomic E-state index is 12.0. The fourth-order valence-corrected chi connectivity index (χ4v) is 3.16. The number of sulfonamides is 1. The van der Waals surface area contributed by atoms with Crippen LogP contribution in [0.25, 0.3) is 0 Å². The molecule has 142 valence electrons. The lowest BCUT2D eigenvalue weighted by molar-refractivity contribution is -0.124. The Morgan fingerprint density at radius 1 is 1.27 bits per heavy atom. The maximum absolute atomic E-state index is 12.0. The number of amides is 1. The SMILES string of the molecule is CCC[C@@H](C)NC(=O)COC(=O)c1ccc(S(=O)(=O)NCCC#N)cc1. The molecule has 0 heterocycles. The number of ether oxygens (including phenoxy) is 1. The van der Waals surface area contributed by atoms with Crippen LogP contribution >= 0.6 is 0 Å². The van der Waals surface area contributed by atoms with Crippen LogP contribution in [0, 0.1) is 11.3 Å². The number of benzene rings is 1. The Morgan fingerprint density at radius 3 is 2.50 bits per heavy atom. The van der Waals surface area contributed by atoms with E-state index in [1.807, 2.05) is 19.9 Å². The van der Waals surface area contributed by atoms with Gasteiger partial charge in [-0.15, -0.1) is 0 Å². The maximum Gasteiger partial charge on any atom is 0.338 e. The third-order valence-electron chi connectivity index (χ3n) is 3.39. The number of rotatable bonds is 10. The summed E-state index contributed by atoms with van der Waals surface area (Å²) in [5.74, 6) is -1.11. The predicted molar refractivity (Wildman–Crippen MR) is 94.7 cm³/mol. The summed E-state index contributed by atoms with van der Waals surface area (Å²) in [6.45, 7) is 3.48. The van der Waals surface area contributed by atoms with Crippen molar-refractivity contribution >= 4 is 21.9 Å². The van der Waals surface area contributed by atoms with Crippen LogP contribution in [-0.2, 0) is 19.6 Å². The Labute approximate surface area is 153 Å². The van der Waals surface area contributed by atoms with Crippen molar-refractivity contribution in [2.45, 2.75) is 44.0 Å². The quantitative estimate of drug-likeness (QED) is 0.465. The van der Waals surface area contributed by atoms with Gasteiger partial charge in [-0.05, 0) is 37.6 Å². The molecule has 0 spiro atoms. The molecule has 0 aliphatic heterocycles. The average Bonchev–Trinajstić information content (AvgIpc) is 2.60. The molecule has 2 N–H and O–H groups in total. The zero-order chi connectivity index (χ0) is 19.6. The molecule has 0 aromatic heterocycles. The Balaban J connectivity index is 2.59. The topological polar surface area (TPSA) is 125 Å². The van der Waals surface area contributed by atoms with Crippen molar-refractivity contribution in [2.24, 2.45) is 0 Å². The highest BCUT2D eigenvalue weighted by molar-refractivity contribution is 7.89. The number of nitrogens with one attached hydrogen (secondary N) is 2. The van der Waals surface area contributed by atoms with Gasteiger partial charge >= 0.3 is 5.97 Å². The molecule has 0 bridgehead atoms. The lowest BCUT2D eigenvalue weighted by Gasteiger charge is -2.12. The molecule has 1 rings (SSSR count). The van der Waals surface area contributed by atoms with E-state index in [1.54, 1.807) is 0 Å². The van der Waals surface area contributed by atoms with E-state index in [0.29, 0.717) is 0 Å². The normalized spacial score (nSPS) is 12.0. The van der Waals surface area contributed by atoms with Crippen molar-refractivity contribution in [1.82, 2.24) is 10.0 Å². The second-order valence-electron chi connectivity index (χ2n) is 5.66. The molecule has 0 saturated heterocycles. The van der Waals surface area contributed by atoms with E-state index in [-0.39, 0.29) is 35.4 Å². The van der Waals surface area contributed by atoms with E-state index in [4.69, 9.17) is 10.00 Å². The van der Waals surface area contributed by atoms with Crippen molar-refractivity contribution in [1.29, 1.82) is 5.26 Å². The lowest BCUT2D eigenvalue weighted by Crippen LogP contribution is -2.35. The summed E-state index contributed by atoms with van der Waals surface area (Å²) < 4.78 is 31.1. The van der Waals surface area contributed by atoms with Crippen LogP contribution < -0.4 is 10.0 Å². The van der Waals surface area contributed by atoms with E-state index in [2.05, 4.69) is 10.0 Å². The van der Waals surface area contributed by atoms with Crippen molar-refractivity contribution in [3.05, 3.63) is 29.8 Å². The van der Waals surface area contributed by atoms with E-state index >= 15 is 0 Å². The van der Waals surface area contributed by atoms with Crippen LogP contribution in [0.3, 0.4) is 0 Å². The summed E-state index contributed by atoms with van der Waals surface area (Å²) in [6.07, 6.45) is 1.82. The molecule has 0 fully saturated rings. The number of esters is 1. The Morgan fingerprint density at radius 2 is 1.92 bits per heavy atom. The van der Waals surface area contributed by atoms with Crippen LogP contribution in [0.15, 0.2) is 29.2 Å². The summed E-state index contributed by atoms with van der Waals surface area (Å²) in [4.78, 5) is 23.6. The van der Waals surface area contributed by atoms with Crippen molar-refractivity contribution in [2.75, 3.05) is 13.2 Å². The van der Waals surface area contributed by atoms with E-state index in [9.17, 15) is 18.0 Å². The van der Waals surface area contributed by atoms with E-state index < -0.39 is 22.6 Å². The fourth-order valence-electron chi connectivity index (χ4n) is 2.13. The Kier molecular flexibility index (Phi) is 8.75. The summed E-state index contributed by atoms with van der Waals surface area (Å²) in [5.41, 5.74) is 0.135. The predicted octanol–water partition coefficient (Wildman–Crippen LogP) is 1.34. The minimum atomic E-state index is -3.74. The van der Waals surface area contributed by atoms with Gasteiger partial charge in [-0.1, -0.05) is 13.3 Å². The second-order valence-corrected chi connectivity index (χ2v) is 7.43. The van der Waals surface area contributed by atoms with Gasteiger partial charge in [0.2, 0.25) is 10.0 Å². The van der Waals surface area contributed by atoms with E-state index in [1.165, 1.54) is 24.3 Å². The first-order valence-corrected chi connectivity index (χ1v) is 9.71. The standard InChI is InChI=1S/C17H23N3O5S/c1-3-5-13(2)20-16(21)12-25-17(22)14-6-8-15(9-7-14)26(23,24)19-11-4-10-18/h6-9,13,19H,3-5,11-12H2,1-2H3,(H,20,21)/t13-/m1/s1. The minimum Gasteiger partial charge on any atom is -0.452 e. The molecule has 0 saturated carbocycles. The molecule has 1 atom stereocenters. The molecule has 9 heteroatoms. The molecule has 26 heavy (non-hydrogen) atoms. The first-order chi connectivity index (χ1) is 12.3. The number of nitrogens with zero attached hydrogens (tertiary/aromatic N) is 1. The molecular formula is C17H23N3O5S. The molecule has 8 nitrogen and oxygen atoms in total. The van der Waals surface area contributed by atoms with Gasteiger partial charge in [0.05, 0.1) is 16.5 Å². The molecule has 0 radical (unpaired) electrons. The van der Waals surface area contributed by atoms with Gasteiger partial charge in [-0.25, -0.2) is 17.9 Å². The third-order valence-corrected chi connectivity index (χ3v) is 4.87. The highest BCUT2D eigenvalue weighted by atomic mass is 32.2. The number of carbonyl (C=O) groups excluding carboxylic acids is 2. The smallest absolute Gasteiger partial charge is 0.338 e. The Bertz CT molecular complexity index is 754. The van der Waals surface area contributed by atoms with E-state index in [0.717, 1.165) is 12.8 Å². The van der Waals surface area contributed by atoms with Gasteiger partial charge in [0.1, 0.15) is 0 Å². The zero-order valence-corrected chi connectivity index (χ0v) is 15.6. The monoisotopic (exact) mass is 381 g/mol. The van der Waals surface area contributed by atoms with Crippen LogP contribution in [0.2, 0.25) is 0 Å². The van der Waals surface area contributed by atoms with Crippen LogP contribution in [0.5, 0.6) is 0 Å². The molecule has 1 amide bonds. The van der Waals surface area contributed by atoms with Gasteiger partial charge in [0, 0.05) is 19.0 Å². The fraction of sp³-hybridized carbons (Fsp3) is 0.471. The van der Waals surface area contributed by atoms with Crippen LogP contribution in [-0.4, -0.2) is 39.5 Å². The van der Waals surface area contributed by atoms with Gasteiger partial charge in [0.25, 0.3) is 5.91 Å². The van der Waals surface area contributed by atoms with Crippen LogP contribution in [0.4, 0.5) is 0 Å². The van der Waals surface area contributed by atoms with Crippen molar-refractivity contribution in [3.8, 4) is 6.07 Å². The molecular weight excluding hydrogens is 358 g/mol. The average molecular weight is 381 g/mol. The molecule has 0 aliphatic carbocycles. The third kappa shape index (κ3) is 7.21. The lowest BCUT2D eigenvalue weighted by atomic mass is 10.2. The number of carbonyl (C=O) groups is 2. The first kappa shape index (κ1) is 21.6. The number of nitriles is 1. The van der Waals surface area contributed by atoms with Gasteiger partial charge < -0.3 is 10.1 Å². The number of hydrogen-bond donors (Lipinski definition) is 2. The summed E-state index contributed by atoms with van der Waals surface area (Å²) >= 11 is 0. The Hall–Kier alpha value is -2.44. The van der Waals surface area contributed by atoms with Crippen molar-refractivity contribution < 1.29 is 22.7 Å². The molecule has 1 aromatic rings. The summed E-state index contributed by atoms with van der Waals surface area (Å²) in [5, 5.41) is 11.1. The summed E-state index contributed by atoms with van der Waals surface area (Å²) in [7, 11) is -3.74. The van der Waals surface area contributed by atoms with Crippen molar-refractivity contribution in [3.63, 3.8) is 0 Å². The molecule has 1 aromatic carbocycles. The molecule has 0 unspecified atom stereocenters. The zero-order valence-electron chi connectivity index (χ0n) is 14.8.